The van der Waals surface area contributed by atoms with Crippen molar-refractivity contribution in [3.8, 4) is 11.1 Å². The molecule has 150 valence electrons. The van der Waals surface area contributed by atoms with Crippen molar-refractivity contribution >= 4 is 34.2 Å². The van der Waals surface area contributed by atoms with Crippen LogP contribution in [0.3, 0.4) is 0 Å². The summed E-state index contributed by atoms with van der Waals surface area (Å²) in [6.45, 7) is 0. The van der Waals surface area contributed by atoms with Crippen LogP contribution in [-0.2, 0) is 0 Å². The first kappa shape index (κ1) is 19.1. The van der Waals surface area contributed by atoms with E-state index < -0.39 is 0 Å². The van der Waals surface area contributed by atoms with Crippen molar-refractivity contribution in [2.24, 2.45) is 0 Å². The van der Waals surface area contributed by atoms with Crippen LogP contribution in [-0.4, -0.2) is 51.1 Å². The number of anilines is 2. The van der Waals surface area contributed by atoms with E-state index in [0.29, 0.717) is 16.8 Å². The van der Waals surface area contributed by atoms with Crippen LogP contribution in [0.4, 0.5) is 16.2 Å². The highest BCUT2D eigenvalue weighted by Gasteiger charge is 2.16. The average molecular weight is 401 g/mol. The molecule has 0 saturated carbocycles. The van der Waals surface area contributed by atoms with Crippen LogP contribution < -0.4 is 10.6 Å². The molecule has 0 unspecified atom stereocenters. The number of benzene rings is 1. The van der Waals surface area contributed by atoms with Gasteiger partial charge in [-0.2, -0.15) is 5.10 Å². The first-order valence-corrected chi connectivity index (χ1v) is 9.14. The Kier molecular flexibility index (Phi) is 5.08. The molecule has 9 nitrogen and oxygen atoms in total. The Bertz CT molecular complexity index is 1220. The lowest BCUT2D eigenvalue weighted by atomic mass is 10.0. The number of amides is 3. The molecule has 3 N–H and O–H groups in total. The van der Waals surface area contributed by atoms with Crippen LogP contribution >= 0.6 is 0 Å². The van der Waals surface area contributed by atoms with Crippen molar-refractivity contribution in [1.82, 2.24) is 25.1 Å². The van der Waals surface area contributed by atoms with Crippen molar-refractivity contribution in [2.45, 2.75) is 0 Å². The average Bonchev–Trinajstić information content (AvgIpc) is 3.18. The molecule has 0 bridgehead atoms. The number of nitrogens with zero attached hydrogens (tertiary/aromatic N) is 4. The SMILES string of the molecule is CN(C)C(=O)Nc1cncc(NC(=O)c2n[nH]c3ccc(-c4cccnc4)cc23)c1. The van der Waals surface area contributed by atoms with Gasteiger partial charge in [0.25, 0.3) is 5.91 Å². The third kappa shape index (κ3) is 3.95. The first-order valence-electron chi connectivity index (χ1n) is 9.14. The third-order valence-electron chi connectivity index (χ3n) is 4.43. The molecule has 1 aromatic carbocycles. The molecule has 3 aromatic heterocycles. The van der Waals surface area contributed by atoms with E-state index in [2.05, 4.69) is 30.8 Å². The summed E-state index contributed by atoms with van der Waals surface area (Å²) in [7, 11) is 3.27. The van der Waals surface area contributed by atoms with Crippen LogP contribution in [0.25, 0.3) is 22.0 Å². The molecule has 3 heterocycles. The van der Waals surface area contributed by atoms with Crippen molar-refractivity contribution in [2.75, 3.05) is 24.7 Å². The minimum atomic E-state index is -0.387. The number of nitrogens with one attached hydrogen (secondary N) is 3. The van der Waals surface area contributed by atoms with E-state index in [-0.39, 0.29) is 17.6 Å². The lowest BCUT2D eigenvalue weighted by Gasteiger charge is -2.12. The van der Waals surface area contributed by atoms with Crippen LogP contribution in [0.2, 0.25) is 0 Å². The summed E-state index contributed by atoms with van der Waals surface area (Å²) in [4.78, 5) is 34.3. The molecule has 0 radical (unpaired) electrons. The number of rotatable bonds is 4. The summed E-state index contributed by atoms with van der Waals surface area (Å²) in [6.07, 6.45) is 6.47. The number of hydrogen-bond donors (Lipinski definition) is 3. The molecule has 0 aliphatic heterocycles. The van der Waals surface area contributed by atoms with Gasteiger partial charge < -0.3 is 15.5 Å². The minimum Gasteiger partial charge on any atom is -0.331 e. The van der Waals surface area contributed by atoms with Crippen LogP contribution in [0.5, 0.6) is 0 Å². The molecule has 9 heteroatoms. The fourth-order valence-corrected chi connectivity index (χ4v) is 2.90. The van der Waals surface area contributed by atoms with E-state index in [9.17, 15) is 9.59 Å². The number of aromatic amines is 1. The van der Waals surface area contributed by atoms with E-state index in [0.717, 1.165) is 16.6 Å². The zero-order valence-corrected chi connectivity index (χ0v) is 16.4. The second-order valence-electron chi connectivity index (χ2n) is 6.82. The smallest absolute Gasteiger partial charge is 0.321 e. The molecule has 4 aromatic rings. The molecular formula is C21H19N7O2. The number of fused-ring (bicyclic) bond motifs is 1. The fraction of sp³-hybridized carbons (Fsp3) is 0.0952. The Balaban J connectivity index is 1.59. The summed E-state index contributed by atoms with van der Waals surface area (Å²) in [5.74, 6) is -0.387. The standard InChI is InChI=1S/C21H19N7O2/c1-28(2)21(30)25-16-9-15(11-23-12-16)24-20(29)19-17-8-13(5-6-18(17)26-27-19)14-4-3-7-22-10-14/h3-12H,1-2H3,(H,24,29)(H,25,30)(H,26,27). The van der Waals surface area contributed by atoms with Gasteiger partial charge in [0.15, 0.2) is 5.69 Å². The number of carbonyl (C=O) groups is 2. The molecule has 0 spiro atoms. The molecule has 30 heavy (non-hydrogen) atoms. The molecular weight excluding hydrogens is 382 g/mol. The Morgan fingerprint density at radius 1 is 0.933 bits per heavy atom. The van der Waals surface area contributed by atoms with Gasteiger partial charge in [0.1, 0.15) is 0 Å². The van der Waals surface area contributed by atoms with Crippen LogP contribution in [0.1, 0.15) is 10.5 Å². The van der Waals surface area contributed by atoms with Gasteiger partial charge >= 0.3 is 6.03 Å². The lowest BCUT2D eigenvalue weighted by molar-refractivity contribution is 0.102. The fourth-order valence-electron chi connectivity index (χ4n) is 2.90. The Morgan fingerprint density at radius 3 is 2.47 bits per heavy atom. The Hall–Kier alpha value is -4.27. The highest BCUT2D eigenvalue weighted by atomic mass is 16.2. The molecule has 0 atom stereocenters. The molecule has 0 saturated heterocycles. The third-order valence-corrected chi connectivity index (χ3v) is 4.43. The number of H-pyrrole nitrogens is 1. The second-order valence-corrected chi connectivity index (χ2v) is 6.82. The molecule has 0 fully saturated rings. The quantitative estimate of drug-likeness (QED) is 0.485. The highest BCUT2D eigenvalue weighted by molar-refractivity contribution is 6.11. The maximum atomic E-state index is 12.8. The van der Waals surface area contributed by atoms with Gasteiger partial charge in [-0.3, -0.25) is 19.9 Å². The van der Waals surface area contributed by atoms with Crippen molar-refractivity contribution in [1.29, 1.82) is 0 Å². The predicted octanol–water partition coefficient (Wildman–Crippen LogP) is 3.37. The zero-order chi connectivity index (χ0) is 21.1. The topological polar surface area (TPSA) is 116 Å². The van der Waals surface area contributed by atoms with Crippen molar-refractivity contribution in [3.05, 3.63) is 66.9 Å². The normalized spacial score (nSPS) is 10.6. The summed E-state index contributed by atoms with van der Waals surface area (Å²) in [6, 6.07) is 10.9. The maximum Gasteiger partial charge on any atom is 0.321 e. The number of carbonyl (C=O) groups excluding carboxylic acids is 2. The van der Waals surface area contributed by atoms with E-state index in [1.165, 1.54) is 17.3 Å². The van der Waals surface area contributed by atoms with E-state index >= 15 is 0 Å². The Morgan fingerprint density at radius 2 is 1.73 bits per heavy atom. The molecule has 4 rings (SSSR count). The number of hydrogen-bond acceptors (Lipinski definition) is 5. The Labute approximate surface area is 172 Å². The highest BCUT2D eigenvalue weighted by Crippen LogP contribution is 2.25. The summed E-state index contributed by atoms with van der Waals surface area (Å²) < 4.78 is 0. The first-order chi connectivity index (χ1) is 14.5. The van der Waals surface area contributed by atoms with Gasteiger partial charge in [0.05, 0.1) is 29.3 Å². The van der Waals surface area contributed by atoms with Gasteiger partial charge in [-0.15, -0.1) is 0 Å². The molecule has 0 aliphatic rings. The van der Waals surface area contributed by atoms with Gasteiger partial charge in [0, 0.05) is 37.4 Å². The van der Waals surface area contributed by atoms with E-state index in [1.807, 2.05) is 30.3 Å². The van der Waals surface area contributed by atoms with Crippen molar-refractivity contribution < 1.29 is 9.59 Å². The molecule has 3 amide bonds. The molecule has 0 aliphatic carbocycles. The number of pyridine rings is 2. The van der Waals surface area contributed by atoms with Gasteiger partial charge in [-0.05, 0) is 29.8 Å². The van der Waals surface area contributed by atoms with Crippen LogP contribution in [0, 0.1) is 0 Å². The minimum absolute atomic E-state index is 0.262. The van der Waals surface area contributed by atoms with Gasteiger partial charge in [0.2, 0.25) is 0 Å². The van der Waals surface area contributed by atoms with E-state index in [4.69, 9.17) is 0 Å². The largest absolute Gasteiger partial charge is 0.331 e. The summed E-state index contributed by atoms with van der Waals surface area (Å²) >= 11 is 0. The monoisotopic (exact) mass is 401 g/mol. The summed E-state index contributed by atoms with van der Waals surface area (Å²) in [5.41, 5.74) is 3.80. The second kappa shape index (κ2) is 8.00. The lowest BCUT2D eigenvalue weighted by Crippen LogP contribution is -2.27. The zero-order valence-electron chi connectivity index (χ0n) is 16.4. The van der Waals surface area contributed by atoms with Gasteiger partial charge in [-0.1, -0.05) is 12.1 Å². The van der Waals surface area contributed by atoms with Gasteiger partial charge in [-0.25, -0.2) is 4.79 Å². The predicted molar refractivity (Wildman–Crippen MR) is 114 cm³/mol. The maximum absolute atomic E-state index is 12.8. The summed E-state index contributed by atoms with van der Waals surface area (Å²) in [5, 5.41) is 13.2. The number of aromatic nitrogens is 4. The van der Waals surface area contributed by atoms with E-state index in [1.54, 1.807) is 32.6 Å². The van der Waals surface area contributed by atoms with Crippen molar-refractivity contribution in [3.63, 3.8) is 0 Å². The number of urea groups is 1. The van der Waals surface area contributed by atoms with Crippen LogP contribution in [0.15, 0.2) is 61.2 Å².